The Balaban J connectivity index is 2.61. The third kappa shape index (κ3) is 4.20. The summed E-state index contributed by atoms with van der Waals surface area (Å²) in [5.41, 5.74) is 5.44. The zero-order valence-corrected chi connectivity index (χ0v) is 9.39. The number of nitrogens with two attached hydrogens (primary N) is 1. The minimum atomic E-state index is -0.518. The number of para-hydroxylation sites is 2. The number of nitro benzene ring substituents is 1. The van der Waals surface area contributed by atoms with E-state index in [2.05, 4.69) is 5.32 Å². The molecule has 0 aliphatic carbocycles. The van der Waals surface area contributed by atoms with E-state index >= 15 is 0 Å². The highest BCUT2D eigenvalue weighted by atomic mass is 16.6. The van der Waals surface area contributed by atoms with Crippen LogP contribution in [0.3, 0.4) is 0 Å². The number of hydrogen-bond acceptors (Lipinski definition) is 4. The van der Waals surface area contributed by atoms with Crippen LogP contribution in [0.15, 0.2) is 24.3 Å². The Labute approximate surface area is 99.0 Å². The van der Waals surface area contributed by atoms with Crippen molar-refractivity contribution in [2.45, 2.75) is 19.3 Å². The molecule has 0 atom stereocenters. The quantitative estimate of drug-likeness (QED) is 0.446. The van der Waals surface area contributed by atoms with Crippen LogP contribution in [0.1, 0.15) is 19.3 Å². The number of carbonyl (C=O) groups is 1. The van der Waals surface area contributed by atoms with Crippen molar-refractivity contribution < 1.29 is 9.72 Å². The first-order valence-electron chi connectivity index (χ1n) is 5.38. The van der Waals surface area contributed by atoms with E-state index in [1.165, 1.54) is 12.1 Å². The van der Waals surface area contributed by atoms with Crippen LogP contribution in [0, 0.1) is 10.1 Å². The van der Waals surface area contributed by atoms with Crippen molar-refractivity contribution >= 4 is 17.3 Å². The van der Waals surface area contributed by atoms with Crippen LogP contribution in [-0.4, -0.2) is 17.4 Å². The zero-order chi connectivity index (χ0) is 12.7. The first-order valence-corrected chi connectivity index (χ1v) is 5.38. The van der Waals surface area contributed by atoms with Gasteiger partial charge in [-0.1, -0.05) is 12.1 Å². The lowest BCUT2D eigenvalue weighted by molar-refractivity contribution is -0.383. The zero-order valence-electron chi connectivity index (χ0n) is 9.39. The minimum Gasteiger partial charge on any atom is -0.330 e. The van der Waals surface area contributed by atoms with Crippen LogP contribution in [0.2, 0.25) is 0 Å². The summed E-state index contributed by atoms with van der Waals surface area (Å²) in [6.07, 6.45) is 1.77. The lowest BCUT2D eigenvalue weighted by atomic mass is 10.2. The molecule has 92 valence electrons. The van der Waals surface area contributed by atoms with Crippen LogP contribution < -0.4 is 11.1 Å². The standard InChI is InChI=1S/C11H15N3O3/c12-8-4-3-7-11(15)13-9-5-1-2-6-10(9)14(16)17/h1-2,5-6H,3-4,7-8,12H2,(H,13,15). The van der Waals surface area contributed by atoms with Gasteiger partial charge in [0.1, 0.15) is 5.69 Å². The molecule has 1 amide bonds. The summed E-state index contributed by atoms with van der Waals surface area (Å²) in [6, 6.07) is 6.07. The summed E-state index contributed by atoms with van der Waals surface area (Å²) >= 11 is 0. The molecular formula is C11H15N3O3. The second-order valence-corrected chi connectivity index (χ2v) is 3.57. The van der Waals surface area contributed by atoms with Crippen molar-refractivity contribution in [1.29, 1.82) is 0 Å². The van der Waals surface area contributed by atoms with Crippen molar-refractivity contribution in [2.75, 3.05) is 11.9 Å². The van der Waals surface area contributed by atoms with E-state index in [0.717, 1.165) is 6.42 Å². The number of nitrogens with one attached hydrogen (secondary N) is 1. The van der Waals surface area contributed by atoms with Crippen LogP contribution in [0.25, 0.3) is 0 Å². The average Bonchev–Trinajstić information content (AvgIpc) is 2.29. The molecule has 17 heavy (non-hydrogen) atoms. The van der Waals surface area contributed by atoms with E-state index < -0.39 is 4.92 Å². The molecule has 0 aromatic heterocycles. The van der Waals surface area contributed by atoms with E-state index in [-0.39, 0.29) is 17.3 Å². The Hall–Kier alpha value is -1.95. The number of carbonyl (C=O) groups excluding carboxylic acids is 1. The predicted octanol–water partition coefficient (Wildman–Crippen LogP) is 1.66. The van der Waals surface area contributed by atoms with Crippen molar-refractivity contribution in [3.05, 3.63) is 34.4 Å². The van der Waals surface area contributed by atoms with Crippen molar-refractivity contribution in [1.82, 2.24) is 0 Å². The SMILES string of the molecule is NCCCCC(=O)Nc1ccccc1[N+](=O)[O-]. The maximum absolute atomic E-state index is 11.5. The Morgan fingerprint density at radius 2 is 2.06 bits per heavy atom. The van der Waals surface area contributed by atoms with Crippen LogP contribution >= 0.6 is 0 Å². The Bertz CT molecular complexity index is 407. The third-order valence-corrected chi connectivity index (χ3v) is 2.23. The molecule has 1 aromatic carbocycles. The van der Waals surface area contributed by atoms with Gasteiger partial charge < -0.3 is 11.1 Å². The first kappa shape index (κ1) is 13.1. The second-order valence-electron chi connectivity index (χ2n) is 3.57. The smallest absolute Gasteiger partial charge is 0.292 e. The number of nitrogens with zero attached hydrogens (tertiary/aromatic N) is 1. The summed E-state index contributed by atoms with van der Waals surface area (Å²) in [6.45, 7) is 0.540. The van der Waals surface area contributed by atoms with E-state index in [1.54, 1.807) is 12.1 Å². The molecule has 0 radical (unpaired) electrons. The van der Waals surface area contributed by atoms with E-state index in [9.17, 15) is 14.9 Å². The molecule has 1 aromatic rings. The van der Waals surface area contributed by atoms with Crippen molar-refractivity contribution in [3.63, 3.8) is 0 Å². The van der Waals surface area contributed by atoms with Crippen molar-refractivity contribution in [3.8, 4) is 0 Å². The topological polar surface area (TPSA) is 98.3 Å². The highest BCUT2D eigenvalue weighted by Crippen LogP contribution is 2.23. The molecular weight excluding hydrogens is 222 g/mol. The fourth-order valence-corrected chi connectivity index (χ4v) is 1.38. The highest BCUT2D eigenvalue weighted by molar-refractivity contribution is 5.92. The van der Waals surface area contributed by atoms with Gasteiger partial charge in [-0.25, -0.2) is 0 Å². The first-order chi connectivity index (χ1) is 8.15. The van der Waals surface area contributed by atoms with Gasteiger partial charge >= 0.3 is 0 Å². The lowest BCUT2D eigenvalue weighted by Gasteiger charge is -2.05. The number of hydrogen-bond donors (Lipinski definition) is 2. The fourth-order valence-electron chi connectivity index (χ4n) is 1.38. The van der Waals surface area contributed by atoms with Gasteiger partial charge in [0, 0.05) is 12.5 Å². The number of nitro groups is 1. The molecule has 0 spiro atoms. The fraction of sp³-hybridized carbons (Fsp3) is 0.364. The molecule has 3 N–H and O–H groups in total. The van der Waals surface area contributed by atoms with Gasteiger partial charge in [0.15, 0.2) is 0 Å². The monoisotopic (exact) mass is 237 g/mol. The van der Waals surface area contributed by atoms with Crippen LogP contribution in [0.4, 0.5) is 11.4 Å². The van der Waals surface area contributed by atoms with Gasteiger partial charge in [-0.2, -0.15) is 0 Å². The van der Waals surface area contributed by atoms with Gasteiger partial charge in [0.05, 0.1) is 4.92 Å². The predicted molar refractivity (Wildman–Crippen MR) is 64.6 cm³/mol. The summed E-state index contributed by atoms with van der Waals surface area (Å²) in [5.74, 6) is -0.229. The Morgan fingerprint density at radius 1 is 1.35 bits per heavy atom. The number of rotatable bonds is 6. The molecule has 1 rings (SSSR count). The molecule has 0 saturated heterocycles. The van der Waals surface area contributed by atoms with Crippen LogP contribution in [0.5, 0.6) is 0 Å². The number of benzene rings is 1. The molecule has 0 unspecified atom stereocenters. The van der Waals surface area contributed by atoms with E-state index in [4.69, 9.17) is 5.73 Å². The molecule has 6 nitrogen and oxygen atoms in total. The number of anilines is 1. The molecule has 0 heterocycles. The third-order valence-electron chi connectivity index (χ3n) is 2.23. The molecule has 0 aliphatic rings. The number of amides is 1. The summed E-state index contributed by atoms with van der Waals surface area (Å²) in [5, 5.41) is 13.2. The lowest BCUT2D eigenvalue weighted by Crippen LogP contribution is -2.13. The number of unbranched alkanes of at least 4 members (excludes halogenated alkanes) is 1. The minimum absolute atomic E-state index is 0.0975. The highest BCUT2D eigenvalue weighted by Gasteiger charge is 2.14. The molecule has 0 bridgehead atoms. The summed E-state index contributed by atoms with van der Waals surface area (Å²) in [7, 11) is 0. The second kappa shape index (κ2) is 6.59. The van der Waals surface area contributed by atoms with Gasteiger partial charge in [-0.15, -0.1) is 0 Å². The average molecular weight is 237 g/mol. The molecule has 0 fully saturated rings. The summed E-state index contributed by atoms with van der Waals surface area (Å²) < 4.78 is 0. The van der Waals surface area contributed by atoms with E-state index in [0.29, 0.717) is 19.4 Å². The van der Waals surface area contributed by atoms with Gasteiger partial charge in [0.2, 0.25) is 5.91 Å². The maximum atomic E-state index is 11.5. The van der Waals surface area contributed by atoms with Crippen molar-refractivity contribution in [2.24, 2.45) is 5.73 Å². The van der Waals surface area contributed by atoms with E-state index in [1.807, 2.05) is 0 Å². The van der Waals surface area contributed by atoms with Crippen LogP contribution in [-0.2, 0) is 4.79 Å². The molecule has 6 heteroatoms. The maximum Gasteiger partial charge on any atom is 0.292 e. The molecule has 0 saturated carbocycles. The Morgan fingerprint density at radius 3 is 2.71 bits per heavy atom. The van der Waals surface area contributed by atoms with Gasteiger partial charge in [0.25, 0.3) is 5.69 Å². The molecule has 0 aliphatic heterocycles. The summed E-state index contributed by atoms with van der Waals surface area (Å²) in [4.78, 5) is 21.7. The normalized spacial score (nSPS) is 9.94. The van der Waals surface area contributed by atoms with Gasteiger partial charge in [-0.05, 0) is 25.5 Å². The largest absolute Gasteiger partial charge is 0.330 e. The Kier molecular flexibility index (Phi) is 5.09. The van der Waals surface area contributed by atoms with Gasteiger partial charge in [-0.3, -0.25) is 14.9 Å².